The molecule has 4 N–H and O–H groups in total. The standard InChI is InChI=1S/C20H23FN2O.C9H13N3.C8H16.C7H14O/c1-3-6-16(7-4-2)19-8-5-9-20(23-19)24-14-17-11-10-15(13-22)12-18(17)21;1-6-3-4-8(5-7(6)2)9(10)12-11;1-5-8(4)6-7(2)3;1-2-3-4-7-5-6-8-7/h5,8-12,16H,3-4,6-7,14H2,1-2H3;3-5H,11H2,1-2H3,(H2,10,12);5,7H,6H2,1-4H3;7H,2-6H2,1H3/b;;8-5+;. The van der Waals surface area contributed by atoms with Crippen LogP contribution in [0.1, 0.15) is 146 Å². The fourth-order valence-corrected chi connectivity index (χ4v) is 5.44. The summed E-state index contributed by atoms with van der Waals surface area (Å²) in [5.41, 5.74) is 12.1. The number of aromatic nitrogens is 1. The monoisotopic (exact) mass is 716 g/mol. The average molecular weight is 716 g/mol. The van der Waals surface area contributed by atoms with E-state index >= 15 is 0 Å². The lowest BCUT2D eigenvalue weighted by molar-refractivity contribution is -0.0553. The predicted octanol–water partition coefficient (Wildman–Crippen LogP) is 11.2. The highest BCUT2D eigenvalue weighted by molar-refractivity contribution is 5.97. The van der Waals surface area contributed by atoms with Crippen molar-refractivity contribution < 1.29 is 13.9 Å². The predicted molar refractivity (Wildman–Crippen MR) is 216 cm³/mol. The zero-order valence-corrected chi connectivity index (χ0v) is 33.5. The van der Waals surface area contributed by atoms with Crippen LogP contribution in [0.4, 0.5) is 4.39 Å². The molecule has 1 aliphatic rings. The molecule has 1 aliphatic heterocycles. The fourth-order valence-electron chi connectivity index (χ4n) is 5.44. The number of pyridine rings is 1. The molecular formula is C44H66FN5O2. The molecule has 0 spiro atoms. The lowest BCUT2D eigenvalue weighted by Gasteiger charge is -2.25. The normalized spacial score (nSPS) is 13.8. The van der Waals surface area contributed by atoms with E-state index in [1.165, 1.54) is 54.9 Å². The molecule has 1 atom stereocenters. The second-order valence-corrected chi connectivity index (χ2v) is 13.9. The Labute approximate surface area is 314 Å². The summed E-state index contributed by atoms with van der Waals surface area (Å²) in [6.07, 6.45) is 13.7. The second-order valence-electron chi connectivity index (χ2n) is 13.9. The number of amidine groups is 1. The third-order valence-corrected chi connectivity index (χ3v) is 8.83. The molecule has 1 unspecified atom stereocenters. The van der Waals surface area contributed by atoms with Crippen molar-refractivity contribution in [2.24, 2.45) is 22.6 Å². The van der Waals surface area contributed by atoms with Crippen molar-refractivity contribution in [3.05, 3.63) is 106 Å². The maximum absolute atomic E-state index is 13.9. The number of rotatable bonds is 14. The van der Waals surface area contributed by atoms with Crippen molar-refractivity contribution in [3.63, 3.8) is 0 Å². The number of nitrogens with zero attached hydrogens (tertiary/aromatic N) is 3. The summed E-state index contributed by atoms with van der Waals surface area (Å²) < 4.78 is 24.8. The minimum Gasteiger partial charge on any atom is -0.473 e. The van der Waals surface area contributed by atoms with Gasteiger partial charge in [-0.25, -0.2) is 9.37 Å². The molecule has 1 saturated heterocycles. The van der Waals surface area contributed by atoms with E-state index in [0.717, 1.165) is 49.5 Å². The molecule has 0 radical (unpaired) electrons. The van der Waals surface area contributed by atoms with Crippen molar-refractivity contribution in [2.75, 3.05) is 6.61 Å². The molecule has 0 bridgehead atoms. The van der Waals surface area contributed by atoms with Gasteiger partial charge in [-0.05, 0) is 101 Å². The van der Waals surface area contributed by atoms with Gasteiger partial charge in [-0.2, -0.15) is 10.4 Å². The second kappa shape index (κ2) is 26.5. The maximum atomic E-state index is 13.9. The topological polar surface area (TPSA) is 120 Å². The molecule has 0 aliphatic carbocycles. The van der Waals surface area contributed by atoms with Gasteiger partial charge < -0.3 is 21.1 Å². The van der Waals surface area contributed by atoms with Gasteiger partial charge in [-0.1, -0.05) is 96.2 Å². The highest BCUT2D eigenvalue weighted by Crippen LogP contribution is 2.26. The molecule has 0 saturated carbocycles. The zero-order valence-electron chi connectivity index (χ0n) is 33.5. The molecule has 2 heterocycles. The Morgan fingerprint density at radius 1 is 1.06 bits per heavy atom. The molecule has 2 aromatic carbocycles. The number of halogens is 1. The number of unbranched alkanes of at least 4 members (excludes halogenated alkanes) is 1. The van der Waals surface area contributed by atoms with E-state index in [2.05, 4.69) is 71.6 Å². The van der Waals surface area contributed by atoms with Gasteiger partial charge in [0.25, 0.3) is 0 Å². The van der Waals surface area contributed by atoms with E-state index in [0.29, 0.717) is 34.9 Å². The van der Waals surface area contributed by atoms with E-state index < -0.39 is 5.82 Å². The summed E-state index contributed by atoms with van der Waals surface area (Å²) in [6, 6.07) is 18.0. The molecule has 7 nitrogen and oxygen atoms in total. The van der Waals surface area contributed by atoms with E-state index in [4.69, 9.17) is 26.3 Å². The van der Waals surface area contributed by atoms with Crippen LogP contribution >= 0.6 is 0 Å². The van der Waals surface area contributed by atoms with Crippen molar-refractivity contribution in [1.29, 1.82) is 5.26 Å². The molecule has 4 rings (SSSR count). The lowest BCUT2D eigenvalue weighted by Crippen LogP contribution is -2.26. The Kier molecular flexibility index (Phi) is 23.4. The summed E-state index contributed by atoms with van der Waals surface area (Å²) in [7, 11) is 0. The van der Waals surface area contributed by atoms with Crippen LogP contribution in [0.2, 0.25) is 0 Å². The SMILES string of the molecule is C/C=C(\C)CC(C)C.CCCC(CCC)c1cccc(OCc2ccc(C#N)cc2F)n1.CCCCC1CCO1.Cc1ccc(/C(N)=N/N)cc1C. The highest BCUT2D eigenvalue weighted by Gasteiger charge is 2.16. The van der Waals surface area contributed by atoms with Gasteiger partial charge in [0, 0.05) is 35.4 Å². The molecule has 0 amide bonds. The third kappa shape index (κ3) is 18.3. The number of ether oxygens (including phenoxy) is 2. The van der Waals surface area contributed by atoms with Crippen LogP contribution in [0.15, 0.2) is 71.3 Å². The van der Waals surface area contributed by atoms with Crippen LogP contribution in [0.25, 0.3) is 0 Å². The third-order valence-electron chi connectivity index (χ3n) is 8.83. The van der Waals surface area contributed by atoms with E-state index in [-0.39, 0.29) is 6.61 Å². The minimum absolute atomic E-state index is 0.0974. The van der Waals surface area contributed by atoms with Crippen LogP contribution in [-0.4, -0.2) is 23.5 Å². The van der Waals surface area contributed by atoms with Crippen LogP contribution in [0.3, 0.4) is 0 Å². The zero-order chi connectivity index (χ0) is 38.9. The Hall–Kier alpha value is -4.22. The van der Waals surface area contributed by atoms with Gasteiger partial charge in [0.1, 0.15) is 18.3 Å². The van der Waals surface area contributed by atoms with E-state index in [1.807, 2.05) is 43.3 Å². The van der Waals surface area contributed by atoms with Gasteiger partial charge in [0.15, 0.2) is 0 Å². The number of allylic oxidation sites excluding steroid dienone is 2. The number of nitriles is 1. The summed E-state index contributed by atoms with van der Waals surface area (Å²) in [5.74, 6) is 6.76. The summed E-state index contributed by atoms with van der Waals surface area (Å²) in [4.78, 5) is 4.59. The van der Waals surface area contributed by atoms with Crippen molar-refractivity contribution >= 4 is 5.84 Å². The van der Waals surface area contributed by atoms with Crippen molar-refractivity contribution in [3.8, 4) is 11.9 Å². The van der Waals surface area contributed by atoms with Gasteiger partial charge in [-0.15, -0.1) is 0 Å². The number of nitrogens with two attached hydrogens (primary N) is 2. The molecule has 8 heteroatoms. The average Bonchev–Trinajstić information content (AvgIpc) is 3.12. The largest absolute Gasteiger partial charge is 0.473 e. The highest BCUT2D eigenvalue weighted by atomic mass is 19.1. The maximum Gasteiger partial charge on any atom is 0.213 e. The Morgan fingerprint density at radius 3 is 2.23 bits per heavy atom. The first-order chi connectivity index (χ1) is 24.9. The number of hydrogen-bond acceptors (Lipinski definition) is 6. The Morgan fingerprint density at radius 2 is 1.75 bits per heavy atom. The molecule has 52 heavy (non-hydrogen) atoms. The van der Waals surface area contributed by atoms with E-state index in [9.17, 15) is 4.39 Å². The fraction of sp³-hybridized carbons (Fsp3) is 0.523. The van der Waals surface area contributed by atoms with Crippen LogP contribution in [0.5, 0.6) is 5.88 Å². The molecule has 3 aromatic rings. The number of hydrogen-bond donors (Lipinski definition) is 2. The smallest absolute Gasteiger partial charge is 0.213 e. The summed E-state index contributed by atoms with van der Waals surface area (Å²) in [5, 5.41) is 12.2. The first-order valence-corrected chi connectivity index (χ1v) is 19.0. The number of hydrazone groups is 1. The summed E-state index contributed by atoms with van der Waals surface area (Å²) >= 11 is 0. The van der Waals surface area contributed by atoms with Crippen LogP contribution in [-0.2, 0) is 11.3 Å². The van der Waals surface area contributed by atoms with Crippen LogP contribution in [0, 0.1) is 36.9 Å². The van der Waals surface area contributed by atoms with Crippen molar-refractivity contribution in [2.45, 2.75) is 139 Å². The first kappa shape index (κ1) is 45.8. The van der Waals surface area contributed by atoms with Gasteiger partial charge in [0.05, 0.1) is 17.7 Å². The number of benzene rings is 2. The van der Waals surface area contributed by atoms with Crippen LogP contribution < -0.4 is 16.3 Å². The summed E-state index contributed by atoms with van der Waals surface area (Å²) in [6.45, 7) is 20.5. The van der Waals surface area contributed by atoms with Gasteiger partial charge in [0.2, 0.25) is 5.88 Å². The van der Waals surface area contributed by atoms with Gasteiger partial charge in [-0.3, -0.25) is 0 Å². The minimum atomic E-state index is -0.431. The van der Waals surface area contributed by atoms with E-state index in [1.54, 1.807) is 18.2 Å². The molecule has 1 aromatic heterocycles. The van der Waals surface area contributed by atoms with Gasteiger partial charge >= 0.3 is 0 Å². The molecular weight excluding hydrogens is 650 g/mol. The quantitative estimate of drug-likeness (QED) is 0.0563. The Balaban J connectivity index is 0.000000399. The lowest BCUT2D eigenvalue weighted by atomic mass is 9.94. The number of aryl methyl sites for hydroxylation is 2. The first-order valence-electron chi connectivity index (χ1n) is 19.0. The molecule has 286 valence electrons. The van der Waals surface area contributed by atoms with Crippen molar-refractivity contribution in [1.82, 2.24) is 4.98 Å². The molecule has 1 fully saturated rings. The Bertz CT molecular complexity index is 1540.